The zero-order chi connectivity index (χ0) is 92.5. The van der Waals surface area contributed by atoms with Gasteiger partial charge in [-0.3, -0.25) is 4.79 Å². The predicted molar refractivity (Wildman–Crippen MR) is 505 cm³/mol. The number of fused-ring (bicyclic) bond motifs is 10. The van der Waals surface area contributed by atoms with Gasteiger partial charge < -0.3 is 81.9 Å². The Balaban J connectivity index is 0.000000119. The van der Waals surface area contributed by atoms with Gasteiger partial charge in [0.1, 0.15) is 34.4 Å². The highest BCUT2D eigenvalue weighted by Gasteiger charge is 2.49. The minimum Gasteiger partial charge on any atom is -0.465 e. The summed E-state index contributed by atoms with van der Waals surface area (Å²) in [6, 6.07) is 49.3. The molecule has 135 heavy (non-hydrogen) atoms. The third-order valence-electron chi connectivity index (χ3n) is 29.2. The first-order chi connectivity index (χ1) is 65.2. The summed E-state index contributed by atoms with van der Waals surface area (Å²) in [6.07, 6.45) is 19.9. The van der Waals surface area contributed by atoms with E-state index in [9.17, 15) is 33.6 Å². The minimum absolute atomic E-state index is 0. The van der Waals surface area contributed by atoms with Gasteiger partial charge in [-0.2, -0.15) is 0 Å². The molecule has 9 fully saturated rings. The number of aromatic nitrogens is 3. The highest BCUT2D eigenvalue weighted by atomic mass is 35.5. The zero-order valence-electron chi connectivity index (χ0n) is 77.6. The normalized spacial score (nSPS) is 22.1. The number of methoxy groups -OCH3 is 4. The molecule has 3 saturated carbocycles. The lowest BCUT2D eigenvalue weighted by Gasteiger charge is -2.40. The predicted octanol–water partition coefficient (Wildman–Crippen LogP) is 19.9. The molecule has 0 radical (unpaired) electrons. The number of piperidine rings is 3. The van der Waals surface area contributed by atoms with E-state index in [1.807, 2.05) is 76.5 Å². The quantitative estimate of drug-likeness (QED) is 0.0329. The lowest BCUT2D eigenvalue weighted by molar-refractivity contribution is -0.0213. The van der Waals surface area contributed by atoms with E-state index in [0.717, 1.165) is 193 Å². The molecule has 708 valence electrons. The van der Waals surface area contributed by atoms with Gasteiger partial charge in [0.05, 0.1) is 88.8 Å². The first-order valence-electron chi connectivity index (χ1n) is 47.5. The summed E-state index contributed by atoms with van der Waals surface area (Å²) in [5.41, 5.74) is 23.9. The molecule has 0 spiro atoms. The van der Waals surface area contributed by atoms with Crippen LogP contribution >= 0.6 is 24.0 Å². The molecule has 3 aliphatic carbocycles. The van der Waals surface area contributed by atoms with Crippen LogP contribution in [0.5, 0.6) is 0 Å². The van der Waals surface area contributed by atoms with E-state index < -0.39 is 5.37 Å². The molecule has 27 nitrogen and oxygen atoms in total. The molecule has 6 atom stereocenters. The molecular weight excluding hydrogens is 1760 g/mol. The van der Waals surface area contributed by atoms with E-state index >= 15 is 0 Å². The Hall–Kier alpha value is -11.6. The van der Waals surface area contributed by atoms with Gasteiger partial charge in [0.2, 0.25) is 0 Å². The Morgan fingerprint density at radius 1 is 0.363 bits per heavy atom. The molecule has 3 aromatic heterocycles. The van der Waals surface area contributed by atoms with Crippen LogP contribution < -0.4 is 10.6 Å². The van der Waals surface area contributed by atoms with E-state index in [-0.39, 0.29) is 84.7 Å². The second kappa shape index (κ2) is 41.2. The molecule has 13 aliphatic rings. The van der Waals surface area contributed by atoms with Crippen LogP contribution in [-0.4, -0.2) is 164 Å². The van der Waals surface area contributed by atoms with Crippen LogP contribution in [0.25, 0.3) is 33.8 Å². The Kier molecular flexibility index (Phi) is 28.6. The average molecular weight is 1880 g/mol. The number of nitrogens with one attached hydrogen (secondary N) is 2. The van der Waals surface area contributed by atoms with Crippen molar-refractivity contribution in [2.75, 3.05) is 28.4 Å². The van der Waals surface area contributed by atoms with E-state index in [1.54, 1.807) is 30.3 Å². The highest BCUT2D eigenvalue weighted by molar-refractivity contribution is 6.62. The molecule has 6 saturated heterocycles. The number of rotatable bonds is 19. The van der Waals surface area contributed by atoms with Gasteiger partial charge in [0.25, 0.3) is 0 Å². The van der Waals surface area contributed by atoms with Crippen molar-refractivity contribution in [2.24, 2.45) is 0 Å². The third kappa shape index (κ3) is 20.6. The van der Waals surface area contributed by atoms with E-state index in [2.05, 4.69) is 115 Å². The second-order valence-electron chi connectivity index (χ2n) is 38.2. The molecule has 5 amide bonds. The van der Waals surface area contributed by atoms with Crippen molar-refractivity contribution >= 4 is 65.3 Å². The molecule has 6 bridgehead atoms. The SMILES string of the molecule is COC(=O)c1ccc2c(c1)CN(C(=O)Cl)C2.COC(=O)c1ccc2c(c1)CN(C(=O)N1C3CCC1CC(OCc1c(-c4ccccc4C)noc1C1CC1)C3)C2.COC(=O)c1ccc2c(c1)CN(C(=O)N1C3CCC1CC(OCc1c(-c4ccccc4C)noc1C1CC1)C3)C2.COC(=O)c1ccc2c(c1)CNC2.Cc1ccccc1-c1noc(C2CC2)c1COC1CC2CCC(C1)N2.Cl. The Bertz CT molecular complexity index is 5820. The number of hydrogen-bond donors (Lipinski definition) is 2. The number of carbonyl (C=O) groups is 7. The Morgan fingerprint density at radius 3 is 0.985 bits per heavy atom. The van der Waals surface area contributed by atoms with Crippen molar-refractivity contribution in [3.05, 3.63) is 263 Å². The molecule has 10 aromatic rings. The fourth-order valence-electron chi connectivity index (χ4n) is 21.6. The number of ether oxygens (including phenoxy) is 7. The maximum Gasteiger partial charge on any atom is 0.337 e. The number of halogens is 2. The fraction of sp³-hybridized carbons (Fsp3) is 0.453. The number of aryl methyl sites for hydroxylation is 3. The number of esters is 4. The zero-order valence-corrected chi connectivity index (χ0v) is 79.2. The summed E-state index contributed by atoms with van der Waals surface area (Å²) in [5, 5.41) is 19.9. The smallest absolute Gasteiger partial charge is 0.337 e. The molecule has 2 N–H and O–H groups in total. The van der Waals surface area contributed by atoms with Gasteiger partial charge in [-0.1, -0.05) is 113 Å². The third-order valence-corrected chi connectivity index (χ3v) is 29.5. The monoisotopic (exact) mass is 1870 g/mol. The Morgan fingerprint density at radius 2 is 0.659 bits per heavy atom. The number of amides is 5. The van der Waals surface area contributed by atoms with Crippen LogP contribution in [0.2, 0.25) is 0 Å². The van der Waals surface area contributed by atoms with Crippen LogP contribution in [0.15, 0.2) is 159 Å². The van der Waals surface area contributed by atoms with Crippen molar-refractivity contribution in [2.45, 2.75) is 281 Å². The fourth-order valence-corrected chi connectivity index (χ4v) is 21.7. The van der Waals surface area contributed by atoms with Gasteiger partial charge in [-0.05, 0) is 258 Å². The maximum atomic E-state index is 13.7. The lowest BCUT2D eigenvalue weighted by Crippen LogP contribution is -2.52. The first-order valence-corrected chi connectivity index (χ1v) is 47.9. The minimum atomic E-state index is -0.476. The van der Waals surface area contributed by atoms with Gasteiger partial charge >= 0.3 is 41.3 Å². The topological polar surface area (TPSA) is 302 Å². The average Bonchev–Trinajstić information content (AvgIpc) is 1.59. The van der Waals surface area contributed by atoms with Crippen molar-refractivity contribution in [3.8, 4) is 33.8 Å². The number of nitrogens with zero attached hydrogens (tertiary/aromatic N) is 8. The van der Waals surface area contributed by atoms with Crippen molar-refractivity contribution < 1.29 is 80.3 Å². The van der Waals surface area contributed by atoms with Crippen molar-refractivity contribution in [1.82, 2.24) is 50.6 Å². The molecular formula is C106H118Cl2N10O17. The number of benzene rings is 7. The van der Waals surface area contributed by atoms with Gasteiger partial charge in [-0.15, -0.1) is 12.4 Å². The molecule has 6 unspecified atom stereocenters. The summed E-state index contributed by atoms with van der Waals surface area (Å²) in [7, 11) is 5.50. The number of carbonyl (C=O) groups excluding carboxylic acids is 7. The van der Waals surface area contributed by atoms with E-state index in [0.29, 0.717) is 117 Å². The lowest BCUT2D eigenvalue weighted by atomic mass is 9.99. The van der Waals surface area contributed by atoms with Crippen molar-refractivity contribution in [3.63, 3.8) is 0 Å². The molecule has 7 aromatic carbocycles. The van der Waals surface area contributed by atoms with E-state index in [1.165, 1.54) is 98.0 Å². The summed E-state index contributed by atoms with van der Waals surface area (Å²) in [6.45, 7) is 12.8. The van der Waals surface area contributed by atoms with Crippen molar-refractivity contribution in [1.29, 1.82) is 0 Å². The van der Waals surface area contributed by atoms with E-state index in [4.69, 9.17) is 48.9 Å². The Labute approximate surface area is 797 Å². The number of hydrogen-bond acceptors (Lipinski definition) is 22. The second-order valence-corrected chi connectivity index (χ2v) is 38.5. The summed E-state index contributed by atoms with van der Waals surface area (Å²) >= 11 is 5.40. The molecule has 29 heteroatoms. The molecule has 23 rings (SSSR count). The van der Waals surface area contributed by atoms with Crippen LogP contribution in [-0.2, 0) is 105 Å². The summed E-state index contributed by atoms with van der Waals surface area (Å²) in [4.78, 5) is 94.4. The van der Waals surface area contributed by atoms with Gasteiger partial charge in [0.15, 0.2) is 0 Å². The summed E-state index contributed by atoms with van der Waals surface area (Å²) in [5.74, 6) is 3.14. The summed E-state index contributed by atoms with van der Waals surface area (Å²) < 4.78 is 56.1. The van der Waals surface area contributed by atoms with Crippen LogP contribution in [0.4, 0.5) is 14.4 Å². The largest absolute Gasteiger partial charge is 0.465 e. The van der Waals surface area contributed by atoms with Gasteiger partial charge in [0, 0.05) is 140 Å². The number of urea groups is 2. The molecule has 13 heterocycles. The highest BCUT2D eigenvalue weighted by Crippen LogP contribution is 2.50. The van der Waals surface area contributed by atoms with Crippen LogP contribution in [0, 0.1) is 20.8 Å². The maximum absolute atomic E-state index is 13.7. The van der Waals surface area contributed by atoms with Crippen LogP contribution in [0.1, 0.15) is 270 Å². The standard InChI is InChI=1S/2C32H35N3O5.C21H26N2O2.C11H10ClNO3.C10H11NO2.ClH/c2*1-19-5-3-4-6-27(19)29-28(30(40-33-29)20-7-8-20)18-39-26-14-24-11-12-25(15-26)35(24)32(37)34-16-22-10-9-21(31(36)38-2)13-23(22)17-34;1-13-4-2-3-5-18(13)20-19(21(25-23-20)14-6-7-14)12-24-17-10-15-8-9-16(11-17)22-15;1-16-10(14)7-2-3-8-5-13(11(12)15)6-9(8)4-7;1-13-10(12)7-2-3-8-5-11-6-9(8)4-7;/h2*3-6,9-10,13,20,24-26H,7-8,11-12,14-18H2,1-2H3;2-5,14-17,22H,6-12H2,1H3;2-4H,5-6H2,1H3;2-4,11H,5-6H2,1H3;1H. The van der Waals surface area contributed by atoms with Gasteiger partial charge in [-0.25, -0.2) is 28.8 Å². The van der Waals surface area contributed by atoms with Crippen LogP contribution in [0.3, 0.4) is 0 Å². The molecule has 10 aliphatic heterocycles. The first kappa shape index (κ1) is 93.8.